The molecule has 218 valence electrons. The van der Waals surface area contributed by atoms with E-state index in [9.17, 15) is 14.9 Å². The lowest BCUT2D eigenvalue weighted by molar-refractivity contribution is -0.150. The summed E-state index contributed by atoms with van der Waals surface area (Å²) in [6.45, 7) is 5.13. The maximum Gasteiger partial charge on any atom is 0.408 e. The first kappa shape index (κ1) is 28.8. The number of amides is 1. The van der Waals surface area contributed by atoms with Gasteiger partial charge in [0.2, 0.25) is 0 Å². The molecular formula is C31H35N7O4. The monoisotopic (exact) mass is 569 g/mol. The van der Waals surface area contributed by atoms with Gasteiger partial charge in [-0.2, -0.15) is 10.4 Å². The number of nitrogens with one attached hydrogen (secondary N) is 1. The summed E-state index contributed by atoms with van der Waals surface area (Å²) in [4.78, 5) is 34.7. The van der Waals surface area contributed by atoms with Crippen LogP contribution in [0.3, 0.4) is 0 Å². The van der Waals surface area contributed by atoms with Crippen LogP contribution in [0, 0.1) is 17.2 Å². The summed E-state index contributed by atoms with van der Waals surface area (Å²) >= 11 is 0. The van der Waals surface area contributed by atoms with Crippen LogP contribution in [-0.4, -0.2) is 42.0 Å². The van der Waals surface area contributed by atoms with Gasteiger partial charge >= 0.3 is 12.1 Å². The molecule has 1 aromatic carbocycles. The van der Waals surface area contributed by atoms with Crippen molar-refractivity contribution in [3.63, 3.8) is 0 Å². The van der Waals surface area contributed by atoms with Crippen molar-refractivity contribution in [2.24, 2.45) is 5.92 Å². The molecule has 1 aliphatic rings. The minimum atomic E-state index is -1.06. The van der Waals surface area contributed by atoms with Crippen molar-refractivity contribution in [2.75, 3.05) is 0 Å². The molecule has 11 heteroatoms. The van der Waals surface area contributed by atoms with E-state index in [1.54, 1.807) is 62.0 Å². The molecule has 3 heterocycles. The van der Waals surface area contributed by atoms with Crippen LogP contribution in [0.4, 0.5) is 4.79 Å². The summed E-state index contributed by atoms with van der Waals surface area (Å²) < 4.78 is 14.6. The van der Waals surface area contributed by atoms with E-state index in [1.165, 1.54) is 19.2 Å². The highest BCUT2D eigenvalue weighted by atomic mass is 16.6. The summed E-state index contributed by atoms with van der Waals surface area (Å²) in [5.74, 6) is -0.192. The molecule has 0 unspecified atom stereocenters. The summed E-state index contributed by atoms with van der Waals surface area (Å²) in [7, 11) is 0. The Morgan fingerprint density at radius 3 is 2.62 bits per heavy atom. The van der Waals surface area contributed by atoms with Gasteiger partial charge in [-0.3, -0.25) is 9.25 Å². The topological polar surface area (TPSA) is 137 Å². The lowest BCUT2D eigenvalue weighted by Crippen LogP contribution is -2.38. The maximum atomic E-state index is 13.2. The van der Waals surface area contributed by atoms with Crippen molar-refractivity contribution in [1.29, 1.82) is 5.26 Å². The lowest BCUT2D eigenvalue weighted by atomic mass is 9.96. The number of nitriles is 1. The van der Waals surface area contributed by atoms with Crippen molar-refractivity contribution in [2.45, 2.75) is 77.3 Å². The number of carbonyl (C=O) groups excluding carboxylic acids is 2. The number of fused-ring (bicyclic) bond motifs is 1. The highest BCUT2D eigenvalue weighted by molar-refractivity contribution is 5.90. The third kappa shape index (κ3) is 6.60. The van der Waals surface area contributed by atoms with Crippen LogP contribution in [0.1, 0.15) is 70.5 Å². The van der Waals surface area contributed by atoms with Crippen LogP contribution in [0.15, 0.2) is 61.3 Å². The lowest BCUT2D eigenvalue weighted by Gasteiger charge is -2.23. The third-order valence-corrected chi connectivity index (χ3v) is 7.39. The van der Waals surface area contributed by atoms with E-state index in [4.69, 9.17) is 9.47 Å². The van der Waals surface area contributed by atoms with Gasteiger partial charge in [-0.15, -0.1) is 0 Å². The SMILES string of the molecule is CC(C)(C)OC(=O)N[C@H](C(=O)OCn1ccc2c(-c3cnn([C@H](CC#N)C4CCCC4)c3)ncnc21)c1ccccc1. The standard InChI is InChI=1S/C31H35N7O4/c1-31(2,3)42-30(40)36-27(22-11-5-4-6-12-22)29(39)41-20-37-16-14-24-26(33-19-34-28(24)37)23-17-35-38(18-23)25(13-15-32)21-9-7-8-10-21/h4-6,11-12,14,16-19,21,25,27H,7-10,13,20H2,1-3H3,(H,36,40)/t25-,27+/m1/s1. The zero-order valence-corrected chi connectivity index (χ0v) is 24.1. The molecule has 5 rings (SSSR count). The molecule has 42 heavy (non-hydrogen) atoms. The van der Waals surface area contributed by atoms with Crippen molar-refractivity contribution in [1.82, 2.24) is 29.6 Å². The minimum Gasteiger partial charge on any atom is -0.444 e. The van der Waals surface area contributed by atoms with Crippen LogP contribution in [0.5, 0.6) is 0 Å². The number of alkyl carbamates (subject to hydrolysis) is 1. The number of nitrogens with zero attached hydrogens (tertiary/aromatic N) is 6. The molecule has 0 bridgehead atoms. The first-order chi connectivity index (χ1) is 20.2. The number of aromatic nitrogens is 5. The summed E-state index contributed by atoms with van der Waals surface area (Å²) in [5, 5.41) is 17.4. The Balaban J connectivity index is 1.33. The molecule has 1 N–H and O–H groups in total. The van der Waals surface area contributed by atoms with Gasteiger partial charge in [0.15, 0.2) is 12.8 Å². The van der Waals surface area contributed by atoms with Gasteiger partial charge in [0, 0.05) is 23.3 Å². The number of benzene rings is 1. The third-order valence-electron chi connectivity index (χ3n) is 7.39. The highest BCUT2D eigenvalue weighted by Gasteiger charge is 2.29. The Hall–Kier alpha value is -4.72. The fraction of sp³-hybridized carbons (Fsp3) is 0.419. The number of rotatable bonds is 9. The zero-order valence-electron chi connectivity index (χ0n) is 24.1. The largest absolute Gasteiger partial charge is 0.444 e. The highest BCUT2D eigenvalue weighted by Crippen LogP contribution is 2.36. The van der Waals surface area contributed by atoms with Crippen LogP contribution in [-0.2, 0) is 21.0 Å². The Labute approximate surface area is 244 Å². The van der Waals surface area contributed by atoms with Crippen LogP contribution < -0.4 is 5.32 Å². The van der Waals surface area contributed by atoms with E-state index in [2.05, 4.69) is 26.5 Å². The normalized spacial score (nSPS) is 15.2. The summed E-state index contributed by atoms with van der Waals surface area (Å²) in [5.41, 5.74) is 1.96. The van der Waals surface area contributed by atoms with E-state index < -0.39 is 23.7 Å². The molecule has 2 atom stereocenters. The Kier molecular flexibility index (Phi) is 8.52. The smallest absolute Gasteiger partial charge is 0.408 e. The van der Waals surface area contributed by atoms with E-state index >= 15 is 0 Å². The molecule has 1 aliphatic carbocycles. The Bertz CT molecular complexity index is 1580. The van der Waals surface area contributed by atoms with Gasteiger partial charge in [-0.1, -0.05) is 43.2 Å². The summed E-state index contributed by atoms with van der Waals surface area (Å²) in [6.07, 6.45) is 11.3. The van der Waals surface area contributed by atoms with Crippen LogP contribution in [0.25, 0.3) is 22.3 Å². The number of esters is 1. The first-order valence-electron chi connectivity index (χ1n) is 14.2. The quantitative estimate of drug-likeness (QED) is 0.253. The van der Waals surface area contributed by atoms with Crippen molar-refractivity contribution in [3.8, 4) is 17.3 Å². The number of hydrogen-bond donors (Lipinski definition) is 1. The Morgan fingerprint density at radius 1 is 1.14 bits per heavy atom. The van der Waals surface area contributed by atoms with E-state index in [1.807, 2.05) is 23.0 Å². The predicted octanol–water partition coefficient (Wildman–Crippen LogP) is 5.71. The molecular weight excluding hydrogens is 534 g/mol. The fourth-order valence-electron chi connectivity index (χ4n) is 5.46. The van der Waals surface area contributed by atoms with Gasteiger partial charge in [0.05, 0.1) is 30.4 Å². The molecule has 1 fully saturated rings. The number of ether oxygens (including phenoxy) is 2. The van der Waals surface area contributed by atoms with Crippen molar-refractivity contribution < 1.29 is 19.1 Å². The molecule has 1 amide bonds. The molecule has 1 saturated carbocycles. The van der Waals surface area contributed by atoms with Crippen LogP contribution in [0.2, 0.25) is 0 Å². The average molecular weight is 570 g/mol. The average Bonchev–Trinajstić information content (AvgIpc) is 3.74. The van der Waals surface area contributed by atoms with Gasteiger partial charge < -0.3 is 14.8 Å². The Morgan fingerprint density at radius 2 is 1.90 bits per heavy atom. The second-order valence-corrected chi connectivity index (χ2v) is 11.5. The van der Waals surface area contributed by atoms with Gasteiger partial charge in [-0.25, -0.2) is 19.6 Å². The van der Waals surface area contributed by atoms with Crippen LogP contribution >= 0.6 is 0 Å². The fourth-order valence-corrected chi connectivity index (χ4v) is 5.46. The minimum absolute atomic E-state index is 0.0411. The molecule has 4 aromatic rings. The molecule has 0 saturated heterocycles. The van der Waals surface area contributed by atoms with E-state index in [-0.39, 0.29) is 12.8 Å². The summed E-state index contributed by atoms with van der Waals surface area (Å²) in [6, 6.07) is 12.0. The van der Waals surface area contributed by atoms with Gasteiger partial charge in [-0.05, 0) is 51.2 Å². The molecule has 0 radical (unpaired) electrons. The van der Waals surface area contributed by atoms with Crippen molar-refractivity contribution >= 4 is 23.1 Å². The maximum absolute atomic E-state index is 13.2. The molecule has 11 nitrogen and oxygen atoms in total. The van der Waals surface area contributed by atoms with Gasteiger partial charge in [0.25, 0.3) is 0 Å². The van der Waals surface area contributed by atoms with Gasteiger partial charge in [0.1, 0.15) is 17.6 Å². The van der Waals surface area contributed by atoms with Crippen molar-refractivity contribution in [3.05, 3.63) is 66.9 Å². The van der Waals surface area contributed by atoms with E-state index in [0.29, 0.717) is 29.2 Å². The molecule has 0 aliphatic heterocycles. The molecule has 0 spiro atoms. The van der Waals surface area contributed by atoms with E-state index in [0.717, 1.165) is 23.8 Å². The number of carbonyl (C=O) groups is 2. The molecule has 3 aromatic heterocycles. The second-order valence-electron chi connectivity index (χ2n) is 11.5. The zero-order chi connectivity index (χ0) is 29.7. The number of hydrogen-bond acceptors (Lipinski definition) is 8. The predicted molar refractivity (Wildman–Crippen MR) is 155 cm³/mol. The second kappa shape index (κ2) is 12.4. The first-order valence-corrected chi connectivity index (χ1v) is 14.2.